The zero-order chi connectivity index (χ0) is 13.0. The number of anilines is 1. The highest BCUT2D eigenvalue weighted by Crippen LogP contribution is 2.24. The highest BCUT2D eigenvalue weighted by Gasteiger charge is 2.15. The van der Waals surface area contributed by atoms with Crippen LogP contribution in [0.5, 0.6) is 5.88 Å². The first-order valence-electron chi connectivity index (χ1n) is 6.21. The van der Waals surface area contributed by atoms with Crippen molar-refractivity contribution in [3.8, 4) is 5.88 Å². The monoisotopic (exact) mass is 237 g/mol. The van der Waals surface area contributed by atoms with Gasteiger partial charge in [-0.1, -0.05) is 20.8 Å². The Labute approximate surface area is 104 Å². The molecule has 0 fully saturated rings. The summed E-state index contributed by atoms with van der Waals surface area (Å²) in [7, 11) is 1.87. The van der Waals surface area contributed by atoms with E-state index in [4.69, 9.17) is 4.74 Å². The number of nitrogens with zero attached hydrogens (tertiary/aromatic N) is 2. The standard InChI is InChI=1S/C13H23N3O/c1-7-11-15-12(14-6)9(4)13(16-11)17-10(5)8(2)3/h8,10H,7H2,1-6H3,(H,14,15,16). The van der Waals surface area contributed by atoms with Crippen molar-refractivity contribution in [2.45, 2.75) is 47.1 Å². The smallest absolute Gasteiger partial charge is 0.222 e. The Morgan fingerprint density at radius 2 is 1.88 bits per heavy atom. The molecule has 1 atom stereocenters. The average molecular weight is 237 g/mol. The molecular formula is C13H23N3O. The van der Waals surface area contributed by atoms with Crippen molar-refractivity contribution in [2.24, 2.45) is 5.92 Å². The molecular weight excluding hydrogens is 214 g/mol. The number of ether oxygens (including phenoxy) is 1. The molecule has 0 saturated carbocycles. The largest absolute Gasteiger partial charge is 0.474 e. The van der Waals surface area contributed by atoms with Gasteiger partial charge in [-0.15, -0.1) is 0 Å². The van der Waals surface area contributed by atoms with Crippen LogP contribution in [-0.4, -0.2) is 23.1 Å². The van der Waals surface area contributed by atoms with Crippen LogP contribution in [0.2, 0.25) is 0 Å². The molecule has 1 aromatic rings. The summed E-state index contributed by atoms with van der Waals surface area (Å²) >= 11 is 0. The molecule has 0 aliphatic heterocycles. The summed E-state index contributed by atoms with van der Waals surface area (Å²) in [6.07, 6.45) is 0.958. The van der Waals surface area contributed by atoms with E-state index in [1.54, 1.807) is 0 Å². The van der Waals surface area contributed by atoms with Gasteiger partial charge in [-0.3, -0.25) is 0 Å². The van der Waals surface area contributed by atoms with Crippen molar-refractivity contribution in [1.29, 1.82) is 0 Å². The summed E-state index contributed by atoms with van der Waals surface area (Å²) in [5.41, 5.74) is 0.970. The van der Waals surface area contributed by atoms with E-state index in [9.17, 15) is 0 Å². The van der Waals surface area contributed by atoms with Gasteiger partial charge in [0, 0.05) is 13.5 Å². The van der Waals surface area contributed by atoms with Crippen LogP contribution in [0.1, 0.15) is 39.1 Å². The van der Waals surface area contributed by atoms with Gasteiger partial charge in [0.05, 0.1) is 11.7 Å². The van der Waals surface area contributed by atoms with Gasteiger partial charge >= 0.3 is 0 Å². The minimum absolute atomic E-state index is 0.151. The van der Waals surface area contributed by atoms with Gasteiger partial charge in [-0.25, -0.2) is 4.98 Å². The highest BCUT2D eigenvalue weighted by atomic mass is 16.5. The fraction of sp³-hybridized carbons (Fsp3) is 0.692. The molecule has 4 nitrogen and oxygen atoms in total. The second kappa shape index (κ2) is 5.84. The molecule has 0 saturated heterocycles. The van der Waals surface area contributed by atoms with E-state index < -0.39 is 0 Å². The lowest BCUT2D eigenvalue weighted by Crippen LogP contribution is -2.20. The van der Waals surface area contributed by atoms with E-state index in [1.165, 1.54) is 0 Å². The van der Waals surface area contributed by atoms with Crippen molar-refractivity contribution >= 4 is 5.82 Å². The molecule has 17 heavy (non-hydrogen) atoms. The number of hydrogen-bond acceptors (Lipinski definition) is 4. The number of nitrogens with one attached hydrogen (secondary N) is 1. The molecule has 0 aliphatic rings. The Bertz CT molecular complexity index is 377. The third kappa shape index (κ3) is 3.32. The molecule has 0 radical (unpaired) electrons. The number of aryl methyl sites for hydroxylation is 1. The SMILES string of the molecule is CCc1nc(NC)c(C)c(OC(C)C(C)C)n1. The Balaban J connectivity index is 3.05. The average Bonchev–Trinajstić information content (AvgIpc) is 2.31. The number of hydrogen-bond donors (Lipinski definition) is 1. The molecule has 1 unspecified atom stereocenters. The Morgan fingerprint density at radius 1 is 1.24 bits per heavy atom. The molecule has 1 N–H and O–H groups in total. The lowest BCUT2D eigenvalue weighted by atomic mass is 10.1. The molecule has 0 amide bonds. The van der Waals surface area contributed by atoms with Crippen molar-refractivity contribution < 1.29 is 4.74 Å². The van der Waals surface area contributed by atoms with E-state index in [-0.39, 0.29) is 6.10 Å². The Hall–Kier alpha value is -1.32. The van der Waals surface area contributed by atoms with Crippen LogP contribution in [0.15, 0.2) is 0 Å². The molecule has 1 aromatic heterocycles. The molecule has 0 bridgehead atoms. The maximum atomic E-state index is 5.90. The van der Waals surface area contributed by atoms with Gasteiger partial charge in [0.15, 0.2) is 0 Å². The van der Waals surface area contributed by atoms with E-state index in [0.717, 1.165) is 23.6 Å². The minimum atomic E-state index is 0.151. The predicted molar refractivity (Wildman–Crippen MR) is 70.6 cm³/mol. The van der Waals surface area contributed by atoms with Crippen LogP contribution in [0.4, 0.5) is 5.82 Å². The zero-order valence-corrected chi connectivity index (χ0v) is 11.7. The summed E-state index contributed by atoms with van der Waals surface area (Å²) in [4.78, 5) is 8.87. The maximum absolute atomic E-state index is 5.90. The second-order valence-corrected chi connectivity index (χ2v) is 4.59. The highest BCUT2D eigenvalue weighted by molar-refractivity contribution is 5.48. The molecule has 0 aliphatic carbocycles. The molecule has 1 heterocycles. The van der Waals surface area contributed by atoms with Crippen LogP contribution in [0.25, 0.3) is 0 Å². The zero-order valence-electron chi connectivity index (χ0n) is 11.7. The quantitative estimate of drug-likeness (QED) is 0.855. The predicted octanol–water partition coefficient (Wildman–Crippen LogP) is 2.81. The van der Waals surface area contributed by atoms with Gasteiger partial charge in [0.2, 0.25) is 5.88 Å². The summed E-state index contributed by atoms with van der Waals surface area (Å²) in [6, 6.07) is 0. The maximum Gasteiger partial charge on any atom is 0.222 e. The number of rotatable bonds is 5. The van der Waals surface area contributed by atoms with E-state index in [0.29, 0.717) is 11.8 Å². The summed E-state index contributed by atoms with van der Waals surface area (Å²) in [6.45, 7) is 10.4. The van der Waals surface area contributed by atoms with E-state index >= 15 is 0 Å². The minimum Gasteiger partial charge on any atom is -0.474 e. The Kier molecular flexibility index (Phi) is 4.73. The lowest BCUT2D eigenvalue weighted by molar-refractivity contribution is 0.161. The number of aromatic nitrogens is 2. The van der Waals surface area contributed by atoms with Crippen molar-refractivity contribution in [3.63, 3.8) is 0 Å². The van der Waals surface area contributed by atoms with Crippen LogP contribution in [0.3, 0.4) is 0 Å². The first kappa shape index (κ1) is 13.7. The third-order valence-electron chi connectivity index (χ3n) is 2.94. The molecule has 96 valence electrons. The van der Waals surface area contributed by atoms with Crippen LogP contribution >= 0.6 is 0 Å². The fourth-order valence-corrected chi connectivity index (χ4v) is 1.37. The first-order chi connectivity index (χ1) is 7.99. The van der Waals surface area contributed by atoms with Crippen LogP contribution in [-0.2, 0) is 6.42 Å². The lowest BCUT2D eigenvalue weighted by Gasteiger charge is -2.20. The van der Waals surface area contributed by atoms with Gasteiger partial charge < -0.3 is 10.1 Å². The summed E-state index contributed by atoms with van der Waals surface area (Å²) < 4.78 is 5.90. The normalized spacial score (nSPS) is 12.6. The Morgan fingerprint density at radius 3 is 2.35 bits per heavy atom. The fourth-order valence-electron chi connectivity index (χ4n) is 1.37. The van der Waals surface area contributed by atoms with Gasteiger partial charge in [0.1, 0.15) is 11.6 Å². The molecule has 4 heteroatoms. The van der Waals surface area contributed by atoms with Crippen molar-refractivity contribution in [2.75, 3.05) is 12.4 Å². The summed E-state index contributed by atoms with van der Waals surface area (Å²) in [5.74, 6) is 2.82. The van der Waals surface area contributed by atoms with Crippen LogP contribution < -0.4 is 10.1 Å². The molecule has 1 rings (SSSR count). The third-order valence-corrected chi connectivity index (χ3v) is 2.94. The van der Waals surface area contributed by atoms with Crippen molar-refractivity contribution in [1.82, 2.24) is 9.97 Å². The van der Waals surface area contributed by atoms with E-state index in [1.807, 2.05) is 20.9 Å². The van der Waals surface area contributed by atoms with Crippen LogP contribution in [0, 0.1) is 12.8 Å². The molecule has 0 aromatic carbocycles. The van der Waals surface area contributed by atoms with Gasteiger partial charge in [-0.2, -0.15) is 4.98 Å². The topological polar surface area (TPSA) is 47.0 Å². The first-order valence-corrected chi connectivity index (χ1v) is 6.21. The van der Waals surface area contributed by atoms with Gasteiger partial charge in [0.25, 0.3) is 0 Å². The van der Waals surface area contributed by atoms with E-state index in [2.05, 4.69) is 36.1 Å². The van der Waals surface area contributed by atoms with Gasteiger partial charge in [-0.05, 0) is 19.8 Å². The summed E-state index contributed by atoms with van der Waals surface area (Å²) in [5, 5.41) is 3.08. The molecule has 0 spiro atoms. The van der Waals surface area contributed by atoms with Crippen molar-refractivity contribution in [3.05, 3.63) is 11.4 Å². The second-order valence-electron chi connectivity index (χ2n) is 4.59.